The highest BCUT2D eigenvalue weighted by molar-refractivity contribution is 5.92. The van der Waals surface area contributed by atoms with Gasteiger partial charge in [-0.3, -0.25) is 0 Å². The fraction of sp³-hybridized carbons (Fsp3) is 0.556. The zero-order valence-electron chi connectivity index (χ0n) is 14.4. The van der Waals surface area contributed by atoms with Crippen molar-refractivity contribution in [2.24, 2.45) is 5.73 Å². The van der Waals surface area contributed by atoms with E-state index in [4.69, 9.17) is 5.26 Å². The number of urea groups is 1. The first kappa shape index (κ1) is 19.0. The third kappa shape index (κ3) is 4.70. The number of nitrogens with two attached hydrogens (primary N) is 1. The normalized spacial score (nSPS) is 16.7. The Morgan fingerprint density at radius 3 is 2.48 bits per heavy atom. The predicted molar refractivity (Wildman–Crippen MR) is 94.1 cm³/mol. The molecule has 5 nitrogen and oxygen atoms in total. The summed E-state index contributed by atoms with van der Waals surface area (Å²) < 4.78 is 0. The lowest BCUT2D eigenvalue weighted by Gasteiger charge is -2.37. The molecule has 1 aromatic rings. The summed E-state index contributed by atoms with van der Waals surface area (Å²) in [6, 6.07) is 7.96. The summed E-state index contributed by atoms with van der Waals surface area (Å²) in [5.41, 5.74) is 7.04. The van der Waals surface area contributed by atoms with Crippen LogP contribution in [0.4, 0.5) is 10.5 Å². The number of amides is 2. The van der Waals surface area contributed by atoms with Crippen LogP contribution >= 0.6 is 0 Å². The van der Waals surface area contributed by atoms with Crippen molar-refractivity contribution in [1.82, 2.24) is 4.90 Å². The molecule has 1 aromatic carbocycles. The first-order valence-corrected chi connectivity index (χ1v) is 8.46. The zero-order chi connectivity index (χ0) is 17.2. The van der Waals surface area contributed by atoms with Crippen molar-refractivity contribution < 1.29 is 4.79 Å². The molecular formula is C18H28N4O. The minimum absolute atomic E-state index is 0.00380. The molecule has 1 heterocycles. The van der Waals surface area contributed by atoms with E-state index in [1.165, 1.54) is 26.3 Å². The maximum atomic E-state index is 12.2. The number of nitriles is 1. The number of rotatable bonds is 1. The van der Waals surface area contributed by atoms with E-state index in [1.807, 2.05) is 30.9 Å². The Morgan fingerprint density at radius 1 is 1.22 bits per heavy atom. The second-order valence-corrected chi connectivity index (χ2v) is 5.33. The van der Waals surface area contributed by atoms with Crippen LogP contribution in [0, 0.1) is 11.3 Å². The second-order valence-electron chi connectivity index (χ2n) is 5.33. The number of nitrogens with one attached hydrogen (secondary N) is 1. The largest absolute Gasteiger partial charge is 0.333 e. The topological polar surface area (TPSA) is 82.2 Å². The number of carbonyl (C=O) groups is 1. The summed E-state index contributed by atoms with van der Waals surface area (Å²) in [6.45, 7) is 4.63. The van der Waals surface area contributed by atoms with E-state index >= 15 is 0 Å². The molecule has 0 atom stereocenters. The molecule has 1 aliphatic carbocycles. The molecule has 0 aromatic heterocycles. The molecule has 0 spiro atoms. The van der Waals surface area contributed by atoms with Crippen molar-refractivity contribution >= 4 is 11.7 Å². The second kappa shape index (κ2) is 9.86. The van der Waals surface area contributed by atoms with Gasteiger partial charge in [0.25, 0.3) is 0 Å². The lowest BCUT2D eigenvalue weighted by Crippen LogP contribution is -2.46. The molecule has 5 heteroatoms. The molecular weight excluding hydrogens is 288 g/mol. The van der Waals surface area contributed by atoms with E-state index in [1.54, 1.807) is 6.07 Å². The average molecular weight is 316 g/mol. The van der Waals surface area contributed by atoms with Crippen LogP contribution in [0.2, 0.25) is 0 Å². The highest BCUT2D eigenvalue weighted by Crippen LogP contribution is 2.30. The lowest BCUT2D eigenvalue weighted by molar-refractivity contribution is 0.160. The van der Waals surface area contributed by atoms with Crippen LogP contribution in [0.1, 0.15) is 57.1 Å². The number of fused-ring (bicyclic) bond motifs is 1. The van der Waals surface area contributed by atoms with E-state index < -0.39 is 0 Å². The monoisotopic (exact) mass is 316 g/mol. The van der Waals surface area contributed by atoms with E-state index in [0.717, 1.165) is 24.1 Å². The van der Waals surface area contributed by atoms with E-state index in [2.05, 4.69) is 17.1 Å². The van der Waals surface area contributed by atoms with Crippen LogP contribution < -0.4 is 11.1 Å². The minimum Gasteiger partial charge on any atom is -0.333 e. The average Bonchev–Trinajstić information content (AvgIpc) is 2.65. The molecule has 0 radical (unpaired) electrons. The van der Waals surface area contributed by atoms with E-state index in [0.29, 0.717) is 18.2 Å². The minimum atomic E-state index is 0.00380. The van der Waals surface area contributed by atoms with Gasteiger partial charge in [-0.25, -0.2) is 4.79 Å². The summed E-state index contributed by atoms with van der Waals surface area (Å²) in [5.74, 6) is 0. The summed E-state index contributed by atoms with van der Waals surface area (Å²) in [7, 11) is 1.50. The first-order chi connectivity index (χ1) is 11.3. The Kier molecular flexibility index (Phi) is 8.14. The van der Waals surface area contributed by atoms with E-state index in [9.17, 15) is 4.79 Å². The van der Waals surface area contributed by atoms with Gasteiger partial charge in [-0.05, 0) is 43.7 Å². The van der Waals surface area contributed by atoms with Gasteiger partial charge in [0.2, 0.25) is 0 Å². The van der Waals surface area contributed by atoms with Gasteiger partial charge in [-0.1, -0.05) is 33.1 Å². The fourth-order valence-corrected chi connectivity index (χ4v) is 3.05. The molecule has 23 heavy (non-hydrogen) atoms. The summed E-state index contributed by atoms with van der Waals surface area (Å²) in [5, 5.41) is 11.9. The quantitative estimate of drug-likeness (QED) is 0.825. The van der Waals surface area contributed by atoms with Crippen LogP contribution in [0.25, 0.3) is 0 Å². The number of benzene rings is 1. The molecule has 1 fully saturated rings. The van der Waals surface area contributed by atoms with Crippen molar-refractivity contribution in [2.75, 3.05) is 12.4 Å². The molecule has 0 unspecified atom stereocenters. The van der Waals surface area contributed by atoms with Gasteiger partial charge in [0.15, 0.2) is 0 Å². The molecule has 1 aliphatic heterocycles. The Bertz CT molecular complexity index is 544. The highest BCUT2D eigenvalue weighted by Gasteiger charge is 2.29. The van der Waals surface area contributed by atoms with Gasteiger partial charge < -0.3 is 16.0 Å². The highest BCUT2D eigenvalue weighted by atomic mass is 16.2. The fourth-order valence-electron chi connectivity index (χ4n) is 3.05. The number of hydrogen-bond donors (Lipinski definition) is 2. The van der Waals surface area contributed by atoms with Gasteiger partial charge in [0.1, 0.15) is 0 Å². The van der Waals surface area contributed by atoms with Crippen LogP contribution in [0.15, 0.2) is 18.2 Å². The summed E-state index contributed by atoms with van der Waals surface area (Å²) in [4.78, 5) is 14.1. The number of anilines is 1. The van der Waals surface area contributed by atoms with Crippen molar-refractivity contribution in [3.05, 3.63) is 29.3 Å². The van der Waals surface area contributed by atoms with Crippen molar-refractivity contribution in [2.45, 2.75) is 58.5 Å². The molecule has 0 bridgehead atoms. The molecule has 3 rings (SSSR count). The predicted octanol–water partition coefficient (Wildman–Crippen LogP) is 3.84. The summed E-state index contributed by atoms with van der Waals surface area (Å²) >= 11 is 0. The smallest absolute Gasteiger partial charge is 0.322 e. The van der Waals surface area contributed by atoms with Gasteiger partial charge in [-0.2, -0.15) is 5.26 Å². The maximum absolute atomic E-state index is 12.2. The van der Waals surface area contributed by atoms with Crippen LogP contribution in [-0.2, 0) is 6.54 Å². The lowest BCUT2D eigenvalue weighted by atomic mass is 9.93. The number of carbonyl (C=O) groups excluding carboxylic acids is 1. The van der Waals surface area contributed by atoms with Crippen molar-refractivity contribution in [1.29, 1.82) is 5.26 Å². The van der Waals surface area contributed by atoms with Crippen molar-refractivity contribution in [3.63, 3.8) is 0 Å². The van der Waals surface area contributed by atoms with Gasteiger partial charge >= 0.3 is 6.03 Å². The Hall–Kier alpha value is -2.06. The Morgan fingerprint density at radius 2 is 1.87 bits per heavy atom. The van der Waals surface area contributed by atoms with Crippen LogP contribution in [-0.4, -0.2) is 24.0 Å². The Labute approximate surface area is 139 Å². The van der Waals surface area contributed by atoms with Gasteiger partial charge in [0, 0.05) is 18.3 Å². The third-order valence-corrected chi connectivity index (χ3v) is 4.09. The number of hydrogen-bond acceptors (Lipinski definition) is 3. The molecule has 0 saturated heterocycles. The van der Waals surface area contributed by atoms with Crippen LogP contribution in [0.3, 0.4) is 0 Å². The van der Waals surface area contributed by atoms with Crippen LogP contribution in [0.5, 0.6) is 0 Å². The summed E-state index contributed by atoms with van der Waals surface area (Å²) in [6.07, 6.45) is 5.89. The van der Waals surface area contributed by atoms with Crippen molar-refractivity contribution in [3.8, 4) is 6.07 Å². The Balaban J connectivity index is 0.000000615. The third-order valence-electron chi connectivity index (χ3n) is 4.09. The molecule has 2 aliphatic rings. The first-order valence-electron chi connectivity index (χ1n) is 8.46. The van der Waals surface area contributed by atoms with E-state index in [-0.39, 0.29) is 6.03 Å². The molecule has 3 N–H and O–H groups in total. The molecule has 2 amide bonds. The molecule has 126 valence electrons. The van der Waals surface area contributed by atoms with Gasteiger partial charge in [-0.15, -0.1) is 0 Å². The zero-order valence-corrected chi connectivity index (χ0v) is 14.4. The van der Waals surface area contributed by atoms with Gasteiger partial charge in [0.05, 0.1) is 11.6 Å². The molecule has 1 saturated carbocycles. The standard InChI is InChI=1S/C15H17N3O.C2H6.CH5N/c16-9-11-6-7-14-12(8-11)10-18(15(19)17-14)13-4-2-1-3-5-13;2*1-2/h6-8,13H,1-5,10H2,(H,17,19);1-2H3;2H2,1H3. The maximum Gasteiger partial charge on any atom is 0.322 e. The SMILES string of the molecule is CC.CN.N#Cc1ccc2c(c1)CN(C1CCCCC1)C(=O)N2. The number of nitrogens with zero attached hydrogens (tertiary/aromatic N) is 2.